The van der Waals surface area contributed by atoms with E-state index in [1.807, 2.05) is 13.8 Å². The third-order valence-electron chi connectivity index (χ3n) is 2.69. The second-order valence-electron chi connectivity index (χ2n) is 4.93. The fourth-order valence-corrected chi connectivity index (χ4v) is 2.82. The van der Waals surface area contributed by atoms with Crippen LogP contribution in [0.3, 0.4) is 0 Å². The topological polar surface area (TPSA) is 75.6 Å². The highest BCUT2D eigenvalue weighted by Crippen LogP contribution is 2.20. The zero-order valence-corrected chi connectivity index (χ0v) is 12.6. The van der Waals surface area contributed by atoms with E-state index in [-0.39, 0.29) is 23.1 Å². The summed E-state index contributed by atoms with van der Waals surface area (Å²) in [6.45, 7) is 3.75. The van der Waals surface area contributed by atoms with Gasteiger partial charge in [0.05, 0.1) is 18.1 Å². The minimum atomic E-state index is -3.84. The highest BCUT2D eigenvalue weighted by Gasteiger charge is 2.18. The molecule has 7 heteroatoms. The molecule has 0 aromatic heterocycles. The van der Waals surface area contributed by atoms with E-state index in [1.54, 1.807) is 0 Å². The molecular formula is C13H20FNO4S. The first kappa shape index (κ1) is 16.9. The molecule has 0 spiro atoms. The molecule has 0 aliphatic heterocycles. The molecule has 1 atom stereocenters. The zero-order chi connectivity index (χ0) is 15.3. The zero-order valence-electron chi connectivity index (χ0n) is 11.8. The van der Waals surface area contributed by atoms with E-state index in [4.69, 9.17) is 4.74 Å². The van der Waals surface area contributed by atoms with Gasteiger partial charge in [-0.15, -0.1) is 0 Å². The molecule has 0 fully saturated rings. The number of nitrogens with one attached hydrogen (secondary N) is 1. The summed E-state index contributed by atoms with van der Waals surface area (Å²) in [5.41, 5.74) is 0. The Hall–Kier alpha value is -1.18. The van der Waals surface area contributed by atoms with Gasteiger partial charge in [0, 0.05) is 6.54 Å². The van der Waals surface area contributed by atoms with E-state index in [1.165, 1.54) is 19.2 Å². The van der Waals surface area contributed by atoms with Crippen LogP contribution in [0, 0.1) is 11.7 Å². The van der Waals surface area contributed by atoms with Crippen molar-refractivity contribution in [1.29, 1.82) is 0 Å². The van der Waals surface area contributed by atoms with Crippen molar-refractivity contribution in [2.45, 2.75) is 31.3 Å². The van der Waals surface area contributed by atoms with Crippen LogP contribution in [0.4, 0.5) is 4.39 Å². The summed E-state index contributed by atoms with van der Waals surface area (Å²) in [6.07, 6.45) is -0.285. The van der Waals surface area contributed by atoms with Crippen molar-refractivity contribution in [2.75, 3.05) is 13.7 Å². The molecule has 0 aliphatic rings. The summed E-state index contributed by atoms with van der Waals surface area (Å²) in [4.78, 5) is -0.201. The molecule has 0 saturated carbocycles. The third-order valence-corrected chi connectivity index (χ3v) is 4.11. The molecule has 0 radical (unpaired) electrons. The molecule has 1 aromatic carbocycles. The highest BCUT2D eigenvalue weighted by atomic mass is 32.2. The minimum Gasteiger partial charge on any atom is -0.494 e. The maximum atomic E-state index is 13.5. The average molecular weight is 305 g/mol. The van der Waals surface area contributed by atoms with Gasteiger partial charge in [0.25, 0.3) is 0 Å². The fourth-order valence-electron chi connectivity index (χ4n) is 1.73. The molecule has 0 saturated heterocycles. The van der Waals surface area contributed by atoms with Gasteiger partial charge in [-0.2, -0.15) is 0 Å². The van der Waals surface area contributed by atoms with Crippen LogP contribution in [-0.2, 0) is 10.0 Å². The van der Waals surface area contributed by atoms with E-state index in [0.717, 1.165) is 6.07 Å². The van der Waals surface area contributed by atoms with Gasteiger partial charge in [-0.3, -0.25) is 0 Å². The number of aliphatic hydroxyl groups excluding tert-OH is 1. The summed E-state index contributed by atoms with van der Waals surface area (Å²) in [5.74, 6) is -0.519. The van der Waals surface area contributed by atoms with Gasteiger partial charge in [0.2, 0.25) is 10.0 Å². The molecule has 20 heavy (non-hydrogen) atoms. The normalized spacial score (nSPS) is 13.5. The van der Waals surface area contributed by atoms with Crippen LogP contribution >= 0.6 is 0 Å². The summed E-state index contributed by atoms with van der Waals surface area (Å²) in [7, 11) is -2.55. The van der Waals surface area contributed by atoms with Crippen LogP contribution in [0.2, 0.25) is 0 Å². The first-order valence-electron chi connectivity index (χ1n) is 6.27. The Bertz CT molecular complexity index is 545. The number of aliphatic hydroxyl groups is 1. The van der Waals surface area contributed by atoms with Gasteiger partial charge in [-0.05, 0) is 30.5 Å². The Kier molecular flexibility index (Phi) is 5.91. The molecule has 0 aliphatic carbocycles. The van der Waals surface area contributed by atoms with Gasteiger partial charge >= 0.3 is 0 Å². The van der Waals surface area contributed by atoms with Crippen molar-refractivity contribution in [3.05, 3.63) is 24.0 Å². The summed E-state index contributed by atoms with van der Waals surface area (Å²) in [6, 6.07) is 3.38. The second kappa shape index (κ2) is 7.01. The monoisotopic (exact) mass is 305 g/mol. The maximum Gasteiger partial charge on any atom is 0.240 e. The molecule has 1 aromatic rings. The van der Waals surface area contributed by atoms with Gasteiger partial charge < -0.3 is 9.84 Å². The Morgan fingerprint density at radius 2 is 2.05 bits per heavy atom. The van der Waals surface area contributed by atoms with E-state index in [2.05, 4.69) is 4.72 Å². The molecule has 0 bridgehead atoms. The number of halogens is 1. The van der Waals surface area contributed by atoms with E-state index in [0.29, 0.717) is 6.42 Å². The van der Waals surface area contributed by atoms with Crippen LogP contribution < -0.4 is 9.46 Å². The quantitative estimate of drug-likeness (QED) is 0.801. The number of methoxy groups -OCH3 is 1. The van der Waals surface area contributed by atoms with Crippen molar-refractivity contribution in [3.8, 4) is 5.75 Å². The van der Waals surface area contributed by atoms with Crippen molar-refractivity contribution in [1.82, 2.24) is 4.72 Å². The lowest BCUT2D eigenvalue weighted by atomic mass is 10.1. The van der Waals surface area contributed by atoms with Crippen molar-refractivity contribution in [3.63, 3.8) is 0 Å². The Balaban J connectivity index is 2.76. The van der Waals surface area contributed by atoms with Gasteiger partial charge in [-0.1, -0.05) is 13.8 Å². The number of sulfonamides is 1. The van der Waals surface area contributed by atoms with Crippen LogP contribution in [-0.4, -0.2) is 33.3 Å². The predicted octanol–water partition coefficient (Wildman–Crippen LogP) is 1.52. The van der Waals surface area contributed by atoms with Gasteiger partial charge in [0.15, 0.2) is 11.6 Å². The van der Waals surface area contributed by atoms with Crippen LogP contribution in [0.15, 0.2) is 23.1 Å². The SMILES string of the molecule is COc1ccc(S(=O)(=O)NCC(O)CC(C)C)cc1F. The first-order valence-corrected chi connectivity index (χ1v) is 7.76. The number of rotatable bonds is 7. The predicted molar refractivity (Wildman–Crippen MR) is 73.6 cm³/mol. The molecule has 1 unspecified atom stereocenters. The van der Waals surface area contributed by atoms with E-state index < -0.39 is 21.9 Å². The molecule has 0 heterocycles. The second-order valence-corrected chi connectivity index (χ2v) is 6.70. The molecular weight excluding hydrogens is 285 g/mol. The number of ether oxygens (including phenoxy) is 1. The number of benzene rings is 1. The smallest absolute Gasteiger partial charge is 0.240 e. The van der Waals surface area contributed by atoms with Crippen LogP contribution in [0.25, 0.3) is 0 Å². The summed E-state index contributed by atoms with van der Waals surface area (Å²) in [5, 5.41) is 9.65. The number of hydrogen-bond acceptors (Lipinski definition) is 4. The molecule has 2 N–H and O–H groups in total. The van der Waals surface area contributed by atoms with Crippen molar-refractivity contribution in [2.24, 2.45) is 5.92 Å². The Labute approximate surface area is 118 Å². The number of hydrogen-bond donors (Lipinski definition) is 2. The molecule has 5 nitrogen and oxygen atoms in total. The summed E-state index contributed by atoms with van der Waals surface area (Å²) < 4.78 is 44.4. The lowest BCUT2D eigenvalue weighted by Gasteiger charge is -2.14. The average Bonchev–Trinajstić information content (AvgIpc) is 2.35. The minimum absolute atomic E-state index is 0.0243. The van der Waals surface area contributed by atoms with Crippen LogP contribution in [0.5, 0.6) is 5.75 Å². The summed E-state index contributed by atoms with van der Waals surface area (Å²) >= 11 is 0. The van der Waals surface area contributed by atoms with E-state index in [9.17, 15) is 17.9 Å². The first-order chi connectivity index (χ1) is 9.26. The van der Waals surface area contributed by atoms with E-state index >= 15 is 0 Å². The lowest BCUT2D eigenvalue weighted by molar-refractivity contribution is 0.152. The Morgan fingerprint density at radius 3 is 2.55 bits per heavy atom. The Morgan fingerprint density at radius 1 is 1.40 bits per heavy atom. The lowest BCUT2D eigenvalue weighted by Crippen LogP contribution is -2.32. The standard InChI is InChI=1S/C13H20FNO4S/c1-9(2)6-10(16)8-15-20(17,18)11-4-5-13(19-3)12(14)7-11/h4-5,7,9-10,15-16H,6,8H2,1-3H3. The largest absolute Gasteiger partial charge is 0.494 e. The molecule has 1 rings (SSSR count). The molecule has 0 amide bonds. The molecule has 114 valence electrons. The highest BCUT2D eigenvalue weighted by molar-refractivity contribution is 7.89. The third kappa shape index (κ3) is 4.73. The van der Waals surface area contributed by atoms with Crippen molar-refractivity contribution >= 4 is 10.0 Å². The van der Waals surface area contributed by atoms with Crippen molar-refractivity contribution < 1.29 is 22.7 Å². The fraction of sp³-hybridized carbons (Fsp3) is 0.538. The van der Waals surface area contributed by atoms with Gasteiger partial charge in [-0.25, -0.2) is 17.5 Å². The van der Waals surface area contributed by atoms with Gasteiger partial charge in [0.1, 0.15) is 0 Å². The maximum absolute atomic E-state index is 13.5. The van der Waals surface area contributed by atoms with Crippen LogP contribution in [0.1, 0.15) is 20.3 Å².